The van der Waals surface area contributed by atoms with E-state index in [1.54, 1.807) is 0 Å². The van der Waals surface area contributed by atoms with Crippen LogP contribution in [0.1, 0.15) is 11.1 Å². The molecule has 0 spiro atoms. The number of hydrogen-bond donors (Lipinski definition) is 0. The first-order valence-corrected chi connectivity index (χ1v) is 15.6. The standard InChI is InChI=1S/C36H34N3P.HI/c1-38(2)31-21-19-30(20-22-31)36-37-34-26-29(18-23-35(34)39(36)25-24-28-12-6-3-7-13-28)27-40(32-14-8-4-9-15-32)33-16-10-5-11-17-33;/h3-23,26H,24-25,27H2,1-2H3;1H. The molecule has 3 nitrogen and oxygen atoms in total. The van der Waals surface area contributed by atoms with Crippen molar-refractivity contribution in [1.29, 1.82) is 0 Å². The van der Waals surface area contributed by atoms with E-state index in [2.05, 4.69) is 157 Å². The minimum Gasteiger partial charge on any atom is -1.00 e. The first kappa shape index (κ1) is 29.0. The Hall–Kier alpha value is -3.47. The van der Waals surface area contributed by atoms with Gasteiger partial charge in [0.1, 0.15) is 5.82 Å². The van der Waals surface area contributed by atoms with E-state index in [0.29, 0.717) is 0 Å². The van der Waals surface area contributed by atoms with E-state index < -0.39 is 7.92 Å². The zero-order valence-electron chi connectivity index (χ0n) is 23.5. The van der Waals surface area contributed by atoms with Crippen LogP contribution in [0.3, 0.4) is 0 Å². The third-order valence-corrected chi connectivity index (χ3v) is 10.4. The maximum absolute atomic E-state index is 5.24. The molecule has 0 aliphatic heterocycles. The molecule has 1 aromatic heterocycles. The molecule has 0 N–H and O–H groups in total. The van der Waals surface area contributed by atoms with Gasteiger partial charge in [-0.1, -0.05) is 72.8 Å². The molecule has 206 valence electrons. The third-order valence-electron chi connectivity index (χ3n) is 7.55. The van der Waals surface area contributed by atoms with Crippen LogP contribution in [-0.2, 0) is 19.1 Å². The van der Waals surface area contributed by atoms with E-state index >= 15 is 0 Å². The molecule has 0 amide bonds. The van der Waals surface area contributed by atoms with E-state index in [1.165, 1.54) is 32.9 Å². The molecule has 0 bridgehead atoms. The zero-order valence-corrected chi connectivity index (χ0v) is 26.7. The summed E-state index contributed by atoms with van der Waals surface area (Å²) in [5, 5.41) is 2.88. The summed E-state index contributed by atoms with van der Waals surface area (Å²) in [6.45, 7) is 0.883. The molecule has 0 saturated carbocycles. The van der Waals surface area contributed by atoms with Crippen molar-refractivity contribution in [1.82, 2.24) is 9.55 Å². The largest absolute Gasteiger partial charge is 1.00 e. The molecule has 6 rings (SSSR count). The fourth-order valence-electron chi connectivity index (χ4n) is 5.38. The number of aryl methyl sites for hydroxylation is 2. The van der Waals surface area contributed by atoms with Crippen LogP contribution >= 0.6 is 7.92 Å². The minimum absolute atomic E-state index is 0. The Kier molecular flexibility index (Phi) is 9.53. The molecule has 0 atom stereocenters. The van der Waals surface area contributed by atoms with E-state index in [9.17, 15) is 0 Å². The second-order valence-corrected chi connectivity index (χ2v) is 12.9. The van der Waals surface area contributed by atoms with Crippen LogP contribution in [0.25, 0.3) is 22.4 Å². The second kappa shape index (κ2) is 13.5. The summed E-state index contributed by atoms with van der Waals surface area (Å²) in [4.78, 5) is 7.38. The number of fused-ring (bicyclic) bond motifs is 1. The van der Waals surface area contributed by atoms with Crippen LogP contribution in [0.5, 0.6) is 0 Å². The summed E-state index contributed by atoms with van der Waals surface area (Å²) in [6.07, 6.45) is 1.99. The summed E-state index contributed by atoms with van der Waals surface area (Å²) >= 11 is 0. The number of anilines is 1. The molecule has 0 unspecified atom stereocenters. The second-order valence-electron chi connectivity index (χ2n) is 10.5. The number of hydrogen-bond acceptors (Lipinski definition) is 2. The fraction of sp³-hybridized carbons (Fsp3) is 0.139. The van der Waals surface area contributed by atoms with Gasteiger partial charge in [-0.25, -0.2) is 4.98 Å². The molecule has 5 heteroatoms. The molecule has 6 aromatic rings. The maximum atomic E-state index is 5.24. The number of nitrogens with zero attached hydrogens (tertiary/aromatic N) is 3. The summed E-state index contributed by atoms with van der Waals surface area (Å²) in [7, 11) is 3.18. The predicted molar refractivity (Wildman–Crippen MR) is 174 cm³/mol. The quantitative estimate of drug-likeness (QED) is 0.169. The average Bonchev–Trinajstić information content (AvgIpc) is 3.38. The van der Waals surface area contributed by atoms with Gasteiger partial charge in [-0.3, -0.25) is 0 Å². The van der Waals surface area contributed by atoms with E-state index in [4.69, 9.17) is 4.98 Å². The van der Waals surface area contributed by atoms with Gasteiger partial charge in [-0.2, -0.15) is 0 Å². The van der Waals surface area contributed by atoms with Gasteiger partial charge in [-0.15, -0.1) is 0 Å². The summed E-state index contributed by atoms with van der Waals surface area (Å²) in [6, 6.07) is 48.4. The average molecular weight is 668 g/mol. The first-order chi connectivity index (χ1) is 19.7. The van der Waals surface area contributed by atoms with Crippen LogP contribution in [0.15, 0.2) is 133 Å². The number of halogens is 1. The Morgan fingerprint density at radius 3 is 1.83 bits per heavy atom. The van der Waals surface area contributed by atoms with Gasteiger partial charge < -0.3 is 33.4 Å². The van der Waals surface area contributed by atoms with Gasteiger partial charge in [0.05, 0.1) is 35.7 Å². The zero-order chi connectivity index (χ0) is 27.3. The van der Waals surface area contributed by atoms with Crippen molar-refractivity contribution in [2.75, 3.05) is 19.0 Å². The molecular weight excluding hydrogens is 632 g/mol. The van der Waals surface area contributed by atoms with Crippen molar-refractivity contribution in [2.24, 2.45) is 0 Å². The van der Waals surface area contributed by atoms with Crippen LogP contribution in [0.2, 0.25) is 0 Å². The maximum Gasteiger partial charge on any atom is 0.141 e. The normalized spacial score (nSPS) is 11.0. The highest BCUT2D eigenvalue weighted by atomic mass is 127. The smallest absolute Gasteiger partial charge is 0.141 e. The van der Waals surface area contributed by atoms with Crippen molar-refractivity contribution in [3.05, 3.63) is 145 Å². The molecule has 0 saturated heterocycles. The van der Waals surface area contributed by atoms with Crippen molar-refractivity contribution < 1.29 is 24.0 Å². The van der Waals surface area contributed by atoms with Gasteiger partial charge in [0, 0.05) is 31.9 Å². The molecule has 0 fully saturated rings. The molecule has 41 heavy (non-hydrogen) atoms. The summed E-state index contributed by atoms with van der Waals surface area (Å²) in [5.74, 6) is 1.03. The molecule has 0 radical (unpaired) electrons. The highest BCUT2D eigenvalue weighted by Crippen LogP contribution is 2.38. The monoisotopic (exact) mass is 667 g/mol. The predicted octanol–water partition coefficient (Wildman–Crippen LogP) is 4.38. The Morgan fingerprint density at radius 1 is 0.659 bits per heavy atom. The molecule has 0 aliphatic carbocycles. The van der Waals surface area contributed by atoms with Gasteiger partial charge in [-0.05, 0) is 78.2 Å². The number of aromatic nitrogens is 2. The molecular formula is C36H35IN3P. The van der Waals surface area contributed by atoms with Crippen LogP contribution in [0, 0.1) is 0 Å². The van der Waals surface area contributed by atoms with Crippen LogP contribution < -0.4 is 39.5 Å². The lowest BCUT2D eigenvalue weighted by Gasteiger charge is -2.14. The van der Waals surface area contributed by atoms with E-state index in [-0.39, 0.29) is 24.0 Å². The fourth-order valence-corrected chi connectivity index (χ4v) is 7.94. The molecule has 0 aliphatic rings. The van der Waals surface area contributed by atoms with E-state index in [0.717, 1.165) is 36.0 Å². The highest BCUT2D eigenvalue weighted by molar-refractivity contribution is 7.72. The Labute approximate surface area is 261 Å². The van der Waals surface area contributed by atoms with Gasteiger partial charge in [0.25, 0.3) is 0 Å². The van der Waals surface area contributed by atoms with Gasteiger partial charge >= 0.3 is 0 Å². The lowest BCUT2D eigenvalue weighted by Crippen LogP contribution is -3.00. The van der Waals surface area contributed by atoms with Gasteiger partial charge in [0.15, 0.2) is 0 Å². The van der Waals surface area contributed by atoms with Crippen LogP contribution in [0.4, 0.5) is 5.69 Å². The number of rotatable bonds is 9. The Morgan fingerprint density at radius 2 is 1.24 bits per heavy atom. The summed E-state index contributed by atoms with van der Waals surface area (Å²) in [5.41, 5.74) is 7.28. The SMILES string of the molecule is CN(C)c1ccc(-c2nc3cc(C[PH+](c4ccccc4)c4ccccc4)ccc3n2CCc2ccccc2)cc1.[I-]. The van der Waals surface area contributed by atoms with Crippen molar-refractivity contribution in [2.45, 2.75) is 19.1 Å². The number of imidazole rings is 1. The summed E-state index contributed by atoms with van der Waals surface area (Å²) < 4.78 is 2.40. The van der Waals surface area contributed by atoms with Crippen molar-refractivity contribution in [3.8, 4) is 11.4 Å². The van der Waals surface area contributed by atoms with Crippen molar-refractivity contribution in [3.63, 3.8) is 0 Å². The topological polar surface area (TPSA) is 21.1 Å². The molecule has 5 aromatic carbocycles. The lowest BCUT2D eigenvalue weighted by molar-refractivity contribution is -0.00000793. The highest BCUT2D eigenvalue weighted by Gasteiger charge is 2.23. The molecule has 1 heterocycles. The van der Waals surface area contributed by atoms with Gasteiger partial charge in [0.2, 0.25) is 0 Å². The van der Waals surface area contributed by atoms with Crippen LogP contribution in [-0.4, -0.2) is 23.6 Å². The lowest BCUT2D eigenvalue weighted by atomic mass is 10.1. The Balaban J connectivity index is 0.00000337. The van der Waals surface area contributed by atoms with Crippen molar-refractivity contribution >= 4 is 35.3 Å². The van der Waals surface area contributed by atoms with E-state index in [1.807, 2.05) is 0 Å². The Bertz CT molecular complexity index is 1640. The number of benzene rings is 5. The third kappa shape index (κ3) is 6.72. The first-order valence-electron chi connectivity index (χ1n) is 13.9. The minimum atomic E-state index is -0.973.